The summed E-state index contributed by atoms with van der Waals surface area (Å²) in [4.78, 5) is 0. The summed E-state index contributed by atoms with van der Waals surface area (Å²) in [7, 11) is 0. The van der Waals surface area contributed by atoms with E-state index < -0.39 is 17.5 Å². The zero-order valence-corrected chi connectivity index (χ0v) is 10.9. The standard InChI is InChI=1S/C15H14F3NO/c1-9(19)14-3-2-11(16)7-15(14)20-8-10-4-12(17)6-13(18)5-10/h2-7,9H,8,19H2,1H3/t9-/m1/s1. The van der Waals surface area contributed by atoms with Crippen molar-refractivity contribution in [2.45, 2.75) is 19.6 Å². The lowest BCUT2D eigenvalue weighted by Crippen LogP contribution is -2.08. The molecule has 0 radical (unpaired) electrons. The van der Waals surface area contributed by atoms with E-state index in [9.17, 15) is 13.2 Å². The molecule has 0 unspecified atom stereocenters. The molecule has 0 aromatic heterocycles. The summed E-state index contributed by atoms with van der Waals surface area (Å²) in [6, 6.07) is 6.78. The number of hydrogen-bond donors (Lipinski definition) is 1. The van der Waals surface area contributed by atoms with E-state index in [1.165, 1.54) is 18.2 Å². The first-order valence-electron chi connectivity index (χ1n) is 6.08. The molecule has 0 saturated carbocycles. The van der Waals surface area contributed by atoms with Gasteiger partial charge in [0.05, 0.1) is 0 Å². The highest BCUT2D eigenvalue weighted by atomic mass is 19.1. The minimum atomic E-state index is -0.685. The topological polar surface area (TPSA) is 35.2 Å². The summed E-state index contributed by atoms with van der Waals surface area (Å²) >= 11 is 0. The summed E-state index contributed by atoms with van der Waals surface area (Å²) < 4.78 is 44.7. The minimum Gasteiger partial charge on any atom is -0.488 e. The van der Waals surface area contributed by atoms with Gasteiger partial charge in [0.15, 0.2) is 0 Å². The molecule has 2 aromatic rings. The molecule has 0 bridgehead atoms. The molecule has 2 aromatic carbocycles. The Balaban J connectivity index is 2.20. The van der Waals surface area contributed by atoms with E-state index in [0.29, 0.717) is 11.1 Å². The van der Waals surface area contributed by atoms with E-state index in [-0.39, 0.29) is 18.4 Å². The molecular formula is C15H14F3NO. The van der Waals surface area contributed by atoms with Gasteiger partial charge < -0.3 is 10.5 Å². The summed E-state index contributed by atoms with van der Waals surface area (Å²) in [5, 5.41) is 0. The third kappa shape index (κ3) is 3.51. The van der Waals surface area contributed by atoms with Crippen molar-refractivity contribution in [2.75, 3.05) is 0 Å². The first-order chi connectivity index (χ1) is 9.45. The van der Waals surface area contributed by atoms with Crippen molar-refractivity contribution in [1.29, 1.82) is 0 Å². The van der Waals surface area contributed by atoms with Gasteiger partial charge in [0.1, 0.15) is 29.8 Å². The normalized spacial score (nSPS) is 12.2. The zero-order chi connectivity index (χ0) is 14.7. The molecule has 0 heterocycles. The number of halogens is 3. The van der Waals surface area contributed by atoms with Gasteiger partial charge in [0, 0.05) is 23.7 Å². The second-order valence-electron chi connectivity index (χ2n) is 4.54. The lowest BCUT2D eigenvalue weighted by atomic mass is 10.1. The Morgan fingerprint density at radius 3 is 2.25 bits per heavy atom. The third-order valence-electron chi connectivity index (χ3n) is 2.78. The summed E-state index contributed by atoms with van der Waals surface area (Å²) in [5.74, 6) is -1.56. The minimum absolute atomic E-state index is 0.0716. The molecule has 0 spiro atoms. The quantitative estimate of drug-likeness (QED) is 0.927. The second-order valence-corrected chi connectivity index (χ2v) is 4.54. The summed E-state index contributed by atoms with van der Waals surface area (Å²) in [6.45, 7) is 1.67. The predicted molar refractivity (Wildman–Crippen MR) is 69.7 cm³/mol. The maximum absolute atomic E-state index is 13.2. The first kappa shape index (κ1) is 14.4. The average molecular weight is 281 g/mol. The van der Waals surface area contributed by atoms with E-state index in [2.05, 4.69) is 0 Å². The molecule has 2 N–H and O–H groups in total. The largest absolute Gasteiger partial charge is 0.488 e. The van der Waals surface area contributed by atoms with Crippen molar-refractivity contribution in [2.24, 2.45) is 5.73 Å². The van der Waals surface area contributed by atoms with Crippen LogP contribution < -0.4 is 10.5 Å². The van der Waals surface area contributed by atoms with Crippen molar-refractivity contribution >= 4 is 0 Å². The van der Waals surface area contributed by atoms with Crippen LogP contribution in [0.15, 0.2) is 36.4 Å². The van der Waals surface area contributed by atoms with Crippen LogP contribution in [-0.2, 0) is 6.61 Å². The molecule has 0 aliphatic rings. The molecule has 106 valence electrons. The first-order valence-corrected chi connectivity index (χ1v) is 6.08. The smallest absolute Gasteiger partial charge is 0.127 e. The molecule has 5 heteroatoms. The van der Waals surface area contributed by atoms with Gasteiger partial charge in [-0.2, -0.15) is 0 Å². The zero-order valence-electron chi connectivity index (χ0n) is 10.9. The second kappa shape index (κ2) is 5.96. The Kier molecular flexibility index (Phi) is 4.29. The van der Waals surface area contributed by atoms with E-state index in [1.807, 2.05) is 0 Å². The molecule has 2 nitrogen and oxygen atoms in total. The number of nitrogens with two attached hydrogens (primary N) is 1. The molecule has 20 heavy (non-hydrogen) atoms. The number of hydrogen-bond acceptors (Lipinski definition) is 2. The maximum Gasteiger partial charge on any atom is 0.127 e. The van der Waals surface area contributed by atoms with Crippen LogP contribution in [0.3, 0.4) is 0 Å². The van der Waals surface area contributed by atoms with Gasteiger partial charge in [-0.3, -0.25) is 0 Å². The van der Waals surface area contributed by atoms with Crippen LogP contribution in [0.25, 0.3) is 0 Å². The Labute approximate surface area is 115 Å². The van der Waals surface area contributed by atoms with E-state index in [4.69, 9.17) is 10.5 Å². The lowest BCUT2D eigenvalue weighted by molar-refractivity contribution is 0.298. The van der Waals surface area contributed by atoms with Gasteiger partial charge in [0.2, 0.25) is 0 Å². The van der Waals surface area contributed by atoms with Crippen LogP contribution >= 0.6 is 0 Å². The Morgan fingerprint density at radius 1 is 1.00 bits per heavy atom. The summed E-state index contributed by atoms with van der Waals surface area (Å²) in [5.41, 5.74) is 6.71. The molecular weight excluding hydrogens is 267 g/mol. The van der Waals surface area contributed by atoms with E-state index in [0.717, 1.165) is 18.2 Å². The third-order valence-corrected chi connectivity index (χ3v) is 2.78. The van der Waals surface area contributed by atoms with Crippen LogP contribution in [-0.4, -0.2) is 0 Å². The highest BCUT2D eigenvalue weighted by Crippen LogP contribution is 2.25. The maximum atomic E-state index is 13.2. The van der Waals surface area contributed by atoms with Crippen LogP contribution in [0.4, 0.5) is 13.2 Å². The molecule has 2 rings (SSSR count). The number of benzene rings is 2. The van der Waals surface area contributed by atoms with Gasteiger partial charge in [-0.25, -0.2) is 13.2 Å². The number of rotatable bonds is 4. The highest BCUT2D eigenvalue weighted by Gasteiger charge is 2.10. The fourth-order valence-electron chi connectivity index (χ4n) is 1.86. The highest BCUT2D eigenvalue weighted by molar-refractivity contribution is 5.36. The van der Waals surface area contributed by atoms with Crippen molar-refractivity contribution in [3.8, 4) is 5.75 Å². The van der Waals surface area contributed by atoms with Gasteiger partial charge in [-0.1, -0.05) is 6.07 Å². The SMILES string of the molecule is C[C@@H](N)c1ccc(F)cc1OCc1cc(F)cc(F)c1. The van der Waals surface area contributed by atoms with Gasteiger partial charge in [-0.15, -0.1) is 0 Å². The van der Waals surface area contributed by atoms with Crippen molar-refractivity contribution in [3.05, 3.63) is 65.0 Å². The molecule has 0 saturated heterocycles. The van der Waals surface area contributed by atoms with Crippen LogP contribution in [0.2, 0.25) is 0 Å². The van der Waals surface area contributed by atoms with Crippen molar-refractivity contribution in [1.82, 2.24) is 0 Å². The van der Waals surface area contributed by atoms with Gasteiger partial charge in [0.25, 0.3) is 0 Å². The van der Waals surface area contributed by atoms with Crippen molar-refractivity contribution in [3.63, 3.8) is 0 Å². The Hall–Kier alpha value is -2.01. The fraction of sp³-hybridized carbons (Fsp3) is 0.200. The molecule has 0 aliphatic heterocycles. The average Bonchev–Trinajstić information content (AvgIpc) is 2.35. The molecule has 0 aliphatic carbocycles. The molecule has 0 fully saturated rings. The van der Waals surface area contributed by atoms with Crippen LogP contribution in [0, 0.1) is 17.5 Å². The molecule has 1 atom stereocenters. The Bertz CT molecular complexity index is 594. The number of ether oxygens (including phenoxy) is 1. The van der Waals surface area contributed by atoms with Crippen LogP contribution in [0.1, 0.15) is 24.1 Å². The summed E-state index contributed by atoms with van der Waals surface area (Å²) in [6.07, 6.45) is 0. The van der Waals surface area contributed by atoms with E-state index in [1.54, 1.807) is 6.92 Å². The molecule has 0 amide bonds. The fourth-order valence-corrected chi connectivity index (χ4v) is 1.86. The lowest BCUT2D eigenvalue weighted by Gasteiger charge is -2.14. The monoisotopic (exact) mass is 281 g/mol. The Morgan fingerprint density at radius 2 is 1.65 bits per heavy atom. The van der Waals surface area contributed by atoms with Crippen molar-refractivity contribution < 1.29 is 17.9 Å². The van der Waals surface area contributed by atoms with Gasteiger partial charge >= 0.3 is 0 Å². The van der Waals surface area contributed by atoms with Gasteiger partial charge in [-0.05, 0) is 30.7 Å². The van der Waals surface area contributed by atoms with Crippen LogP contribution in [0.5, 0.6) is 5.75 Å². The predicted octanol–water partition coefficient (Wildman–Crippen LogP) is 3.70. The van der Waals surface area contributed by atoms with E-state index >= 15 is 0 Å².